The Bertz CT molecular complexity index is 1440. The zero-order valence-electron chi connectivity index (χ0n) is 15.9. The molecule has 0 aliphatic heterocycles. The minimum absolute atomic E-state index is 0.175. The molecule has 0 saturated heterocycles. The fourth-order valence-electron chi connectivity index (χ4n) is 3.49. The van der Waals surface area contributed by atoms with Crippen LogP contribution in [0.1, 0.15) is 0 Å². The summed E-state index contributed by atoms with van der Waals surface area (Å²) in [4.78, 5) is 22.3. The molecular formula is C23H17FN4OS. The van der Waals surface area contributed by atoms with Gasteiger partial charge in [-0.2, -0.15) is 0 Å². The van der Waals surface area contributed by atoms with Gasteiger partial charge in [0.1, 0.15) is 17.5 Å². The van der Waals surface area contributed by atoms with Gasteiger partial charge in [0.05, 0.1) is 15.6 Å². The number of para-hydroxylation sites is 1. The first-order valence-corrected chi connectivity index (χ1v) is 10.4. The summed E-state index contributed by atoms with van der Waals surface area (Å²) in [7, 11) is 0. The summed E-state index contributed by atoms with van der Waals surface area (Å²) < 4.78 is 15.3. The normalized spacial score (nSPS) is 11.2. The predicted molar refractivity (Wildman–Crippen MR) is 122 cm³/mol. The summed E-state index contributed by atoms with van der Waals surface area (Å²) in [6.07, 6.45) is 1.74. The number of halogens is 1. The second-order valence-electron chi connectivity index (χ2n) is 6.82. The van der Waals surface area contributed by atoms with Crippen LogP contribution in [0.15, 0.2) is 71.7 Å². The molecule has 2 aromatic carbocycles. The first-order valence-electron chi connectivity index (χ1n) is 9.54. The number of anilines is 2. The van der Waals surface area contributed by atoms with Gasteiger partial charge in [0.15, 0.2) is 5.43 Å². The molecule has 0 aliphatic carbocycles. The Morgan fingerprint density at radius 2 is 1.77 bits per heavy atom. The number of rotatable bonds is 5. The van der Waals surface area contributed by atoms with E-state index in [4.69, 9.17) is 4.98 Å². The van der Waals surface area contributed by atoms with E-state index in [-0.39, 0.29) is 5.43 Å². The zero-order valence-corrected chi connectivity index (χ0v) is 16.7. The van der Waals surface area contributed by atoms with Gasteiger partial charge in [-0.15, -0.1) is 11.3 Å². The maximum Gasteiger partial charge on any atom is 0.196 e. The largest absolute Gasteiger partial charge is 0.368 e. The Kier molecular flexibility index (Phi) is 4.72. The van der Waals surface area contributed by atoms with E-state index < -0.39 is 5.82 Å². The average molecular weight is 416 g/mol. The maximum atomic E-state index is 13.8. The summed E-state index contributed by atoms with van der Waals surface area (Å²) >= 11 is 1.45. The molecular weight excluding hydrogens is 399 g/mol. The molecule has 0 radical (unpaired) electrons. The molecule has 0 unspecified atom stereocenters. The lowest BCUT2D eigenvalue weighted by Crippen LogP contribution is -2.15. The molecule has 7 heteroatoms. The third-order valence-corrected chi connectivity index (χ3v) is 6.04. The molecule has 5 aromatic rings. The highest BCUT2D eigenvalue weighted by Crippen LogP contribution is 2.33. The van der Waals surface area contributed by atoms with Crippen LogP contribution in [0.5, 0.6) is 0 Å². The van der Waals surface area contributed by atoms with Crippen LogP contribution < -0.4 is 16.1 Å². The number of hydrogen-bond acceptors (Lipinski definition) is 6. The van der Waals surface area contributed by atoms with E-state index in [9.17, 15) is 9.18 Å². The first kappa shape index (κ1) is 18.4. The van der Waals surface area contributed by atoms with Gasteiger partial charge in [0, 0.05) is 34.8 Å². The van der Waals surface area contributed by atoms with Crippen LogP contribution >= 0.6 is 11.3 Å². The molecule has 3 aromatic heterocycles. The van der Waals surface area contributed by atoms with Crippen LogP contribution in [0.3, 0.4) is 0 Å². The molecule has 0 aliphatic rings. The lowest BCUT2D eigenvalue weighted by Gasteiger charge is -2.12. The van der Waals surface area contributed by atoms with Gasteiger partial charge in [-0.3, -0.25) is 4.79 Å². The number of aromatic nitrogens is 2. The lowest BCUT2D eigenvalue weighted by atomic mass is 10.1. The van der Waals surface area contributed by atoms with Crippen molar-refractivity contribution in [3.8, 4) is 0 Å². The summed E-state index contributed by atoms with van der Waals surface area (Å²) in [5.74, 6) is 1.04. The number of fused-ring (bicyclic) bond motifs is 4. The van der Waals surface area contributed by atoms with E-state index in [0.29, 0.717) is 29.7 Å². The fraction of sp³-hybridized carbons (Fsp3) is 0.0870. The number of nitrogens with one attached hydrogen (secondary N) is 2. The number of benzene rings is 2. The highest BCUT2D eigenvalue weighted by atomic mass is 32.1. The molecule has 0 fully saturated rings. The maximum absolute atomic E-state index is 13.8. The van der Waals surface area contributed by atoms with Gasteiger partial charge in [0.2, 0.25) is 0 Å². The van der Waals surface area contributed by atoms with Crippen molar-refractivity contribution in [2.24, 2.45) is 0 Å². The SMILES string of the molecule is O=c1c2cc(F)ccc2sc2c(NCCNc3ccccn3)nc3ccccc3c12. The quantitative estimate of drug-likeness (QED) is 0.239. The van der Waals surface area contributed by atoms with E-state index in [2.05, 4.69) is 15.6 Å². The molecule has 5 nitrogen and oxygen atoms in total. The van der Waals surface area contributed by atoms with Crippen LogP contribution in [-0.4, -0.2) is 23.1 Å². The number of nitrogens with zero attached hydrogens (tertiary/aromatic N) is 2. The van der Waals surface area contributed by atoms with Crippen molar-refractivity contribution in [1.82, 2.24) is 9.97 Å². The van der Waals surface area contributed by atoms with Crippen molar-refractivity contribution < 1.29 is 4.39 Å². The Balaban J connectivity index is 1.59. The molecule has 0 amide bonds. The standard InChI is InChI=1S/C23H17FN4OS/c24-14-8-9-18-16(13-14)21(29)20-15-5-1-2-6-17(15)28-23(22(20)30-18)27-12-11-26-19-7-3-4-10-25-19/h1-10,13H,11-12H2,(H,25,26)(H,27,28). The minimum atomic E-state index is -0.413. The summed E-state index contributed by atoms with van der Waals surface area (Å²) in [5.41, 5.74) is 0.553. The Morgan fingerprint density at radius 3 is 2.63 bits per heavy atom. The first-order chi connectivity index (χ1) is 14.7. The van der Waals surface area contributed by atoms with Crippen molar-refractivity contribution in [1.29, 1.82) is 0 Å². The highest BCUT2D eigenvalue weighted by Gasteiger charge is 2.15. The van der Waals surface area contributed by atoms with E-state index in [1.807, 2.05) is 42.5 Å². The van der Waals surface area contributed by atoms with Crippen LogP contribution in [0, 0.1) is 5.82 Å². The Hall–Kier alpha value is -3.58. The number of hydrogen-bond donors (Lipinski definition) is 2. The Labute approximate surface area is 175 Å². The van der Waals surface area contributed by atoms with Crippen LogP contribution in [-0.2, 0) is 0 Å². The van der Waals surface area contributed by atoms with Crippen molar-refractivity contribution in [3.63, 3.8) is 0 Å². The molecule has 0 saturated carbocycles. The molecule has 3 heterocycles. The fourth-order valence-corrected chi connectivity index (χ4v) is 4.63. The Morgan fingerprint density at radius 1 is 0.933 bits per heavy atom. The molecule has 0 atom stereocenters. The third kappa shape index (κ3) is 3.33. The van der Waals surface area contributed by atoms with Crippen LogP contribution in [0.4, 0.5) is 16.0 Å². The molecule has 5 rings (SSSR count). The molecule has 30 heavy (non-hydrogen) atoms. The van der Waals surface area contributed by atoms with Crippen molar-refractivity contribution in [2.75, 3.05) is 23.7 Å². The zero-order chi connectivity index (χ0) is 20.5. The second-order valence-corrected chi connectivity index (χ2v) is 7.87. The average Bonchev–Trinajstić information content (AvgIpc) is 2.78. The monoisotopic (exact) mass is 416 g/mol. The van der Waals surface area contributed by atoms with Crippen molar-refractivity contribution >= 4 is 54.0 Å². The third-order valence-electron chi connectivity index (χ3n) is 4.86. The van der Waals surface area contributed by atoms with Gasteiger partial charge in [-0.25, -0.2) is 14.4 Å². The van der Waals surface area contributed by atoms with Crippen LogP contribution in [0.2, 0.25) is 0 Å². The highest BCUT2D eigenvalue weighted by molar-refractivity contribution is 7.25. The van der Waals surface area contributed by atoms with E-state index in [1.165, 1.54) is 23.5 Å². The summed E-state index contributed by atoms with van der Waals surface area (Å²) in [5, 5.41) is 8.34. The van der Waals surface area contributed by atoms with Crippen molar-refractivity contribution in [3.05, 3.63) is 82.9 Å². The van der Waals surface area contributed by atoms with Gasteiger partial charge < -0.3 is 10.6 Å². The van der Waals surface area contributed by atoms with Gasteiger partial charge in [-0.05, 0) is 36.4 Å². The molecule has 148 valence electrons. The van der Waals surface area contributed by atoms with Crippen LogP contribution in [0.25, 0.3) is 31.1 Å². The minimum Gasteiger partial charge on any atom is -0.368 e. The smallest absolute Gasteiger partial charge is 0.196 e. The predicted octanol–water partition coefficient (Wildman–Crippen LogP) is 5.02. The van der Waals surface area contributed by atoms with Gasteiger partial charge in [-0.1, -0.05) is 24.3 Å². The number of pyridine rings is 2. The molecule has 2 N–H and O–H groups in total. The molecule has 0 bridgehead atoms. The summed E-state index contributed by atoms with van der Waals surface area (Å²) in [6, 6.07) is 17.6. The van der Waals surface area contributed by atoms with E-state index in [0.717, 1.165) is 26.1 Å². The van der Waals surface area contributed by atoms with E-state index >= 15 is 0 Å². The second kappa shape index (κ2) is 7.68. The molecule has 0 spiro atoms. The topological polar surface area (TPSA) is 66.9 Å². The van der Waals surface area contributed by atoms with Gasteiger partial charge in [0.25, 0.3) is 0 Å². The van der Waals surface area contributed by atoms with Gasteiger partial charge >= 0.3 is 0 Å². The lowest BCUT2D eigenvalue weighted by molar-refractivity contribution is 0.630. The summed E-state index contributed by atoms with van der Waals surface area (Å²) in [6.45, 7) is 1.24. The van der Waals surface area contributed by atoms with E-state index in [1.54, 1.807) is 12.3 Å². The van der Waals surface area contributed by atoms with Crippen molar-refractivity contribution in [2.45, 2.75) is 0 Å².